The molecule has 0 saturated heterocycles. The van der Waals surface area contributed by atoms with E-state index in [4.69, 9.17) is 0 Å². The van der Waals surface area contributed by atoms with E-state index in [1.807, 2.05) is 0 Å². The fourth-order valence-corrected chi connectivity index (χ4v) is 1.43. The van der Waals surface area contributed by atoms with Gasteiger partial charge in [-0.3, -0.25) is 0 Å². The van der Waals surface area contributed by atoms with Gasteiger partial charge < -0.3 is 9.29 Å². The molecule has 0 aliphatic carbocycles. The second kappa shape index (κ2) is 7.97. The van der Waals surface area contributed by atoms with Crippen LogP contribution in [0.1, 0.15) is 13.3 Å². The van der Waals surface area contributed by atoms with E-state index < -0.39 is 27.9 Å². The van der Waals surface area contributed by atoms with Crippen molar-refractivity contribution >= 4 is 16.1 Å². The van der Waals surface area contributed by atoms with Crippen molar-refractivity contribution in [3.63, 3.8) is 0 Å². The molecule has 14 heavy (non-hydrogen) atoms. The summed E-state index contributed by atoms with van der Waals surface area (Å²) in [5.41, 5.74) is 0. The first-order valence-electron chi connectivity index (χ1n) is 3.65. The van der Waals surface area contributed by atoms with Crippen molar-refractivity contribution in [1.29, 1.82) is 0 Å². The summed E-state index contributed by atoms with van der Waals surface area (Å²) in [6, 6.07) is 0. The number of carbonyl (C=O) groups excluding carboxylic acids is 1. The van der Waals surface area contributed by atoms with Crippen LogP contribution in [-0.4, -0.2) is 30.8 Å². The van der Waals surface area contributed by atoms with E-state index >= 15 is 0 Å². The SMILES string of the molecule is C=CC(=O)OC(CC)CS(=O)(=O)[O-].[K+]. The molecule has 0 aromatic rings. The molecule has 0 rings (SSSR count). The summed E-state index contributed by atoms with van der Waals surface area (Å²) >= 11 is 0. The van der Waals surface area contributed by atoms with Gasteiger partial charge in [-0.05, 0) is 6.42 Å². The Labute approximate surface area is 126 Å². The Morgan fingerprint density at radius 1 is 1.64 bits per heavy atom. The topological polar surface area (TPSA) is 83.5 Å². The molecule has 0 aromatic carbocycles. The summed E-state index contributed by atoms with van der Waals surface area (Å²) in [7, 11) is -4.35. The van der Waals surface area contributed by atoms with Crippen LogP contribution in [0.4, 0.5) is 0 Å². The minimum absolute atomic E-state index is 0. The Kier molecular flexibility index (Phi) is 9.77. The Morgan fingerprint density at radius 2 is 2.14 bits per heavy atom. The summed E-state index contributed by atoms with van der Waals surface area (Å²) < 4.78 is 35.5. The molecule has 0 amide bonds. The van der Waals surface area contributed by atoms with E-state index in [1.165, 1.54) is 0 Å². The average molecular weight is 246 g/mol. The largest absolute Gasteiger partial charge is 1.00 e. The van der Waals surface area contributed by atoms with Crippen LogP contribution in [-0.2, 0) is 19.6 Å². The zero-order valence-corrected chi connectivity index (χ0v) is 12.2. The van der Waals surface area contributed by atoms with E-state index in [2.05, 4.69) is 11.3 Å². The van der Waals surface area contributed by atoms with Gasteiger partial charge in [0.1, 0.15) is 6.10 Å². The van der Waals surface area contributed by atoms with Crippen LogP contribution in [0, 0.1) is 0 Å². The van der Waals surface area contributed by atoms with Crippen molar-refractivity contribution in [2.24, 2.45) is 0 Å². The molecule has 76 valence electrons. The van der Waals surface area contributed by atoms with E-state index in [-0.39, 0.29) is 57.8 Å². The fraction of sp³-hybridized carbons (Fsp3) is 0.571. The third kappa shape index (κ3) is 9.32. The van der Waals surface area contributed by atoms with Crippen LogP contribution in [0.25, 0.3) is 0 Å². The van der Waals surface area contributed by atoms with Gasteiger partial charge in [-0.2, -0.15) is 0 Å². The number of hydrogen-bond donors (Lipinski definition) is 0. The van der Waals surface area contributed by atoms with Crippen LogP contribution in [0.2, 0.25) is 0 Å². The summed E-state index contributed by atoms with van der Waals surface area (Å²) in [5, 5.41) is 0. The zero-order valence-electron chi connectivity index (χ0n) is 8.23. The fourth-order valence-electron chi connectivity index (χ4n) is 0.675. The molecular formula is C7H11KO5S. The Hall–Kier alpha value is 0.756. The van der Waals surface area contributed by atoms with E-state index in [1.54, 1.807) is 6.92 Å². The molecule has 0 N–H and O–H groups in total. The maximum Gasteiger partial charge on any atom is 1.00 e. The van der Waals surface area contributed by atoms with Crippen LogP contribution in [0.3, 0.4) is 0 Å². The molecular weight excluding hydrogens is 235 g/mol. The van der Waals surface area contributed by atoms with E-state index in [0.29, 0.717) is 0 Å². The Bertz CT molecular complexity index is 284. The van der Waals surface area contributed by atoms with Crippen LogP contribution in [0.5, 0.6) is 0 Å². The quantitative estimate of drug-likeness (QED) is 0.224. The molecule has 0 bridgehead atoms. The van der Waals surface area contributed by atoms with Gasteiger partial charge in [-0.15, -0.1) is 0 Å². The molecule has 1 unspecified atom stereocenters. The summed E-state index contributed by atoms with van der Waals surface area (Å²) in [4.78, 5) is 10.6. The van der Waals surface area contributed by atoms with Crippen LogP contribution in [0.15, 0.2) is 12.7 Å². The average Bonchev–Trinajstić information content (AvgIpc) is 2.00. The normalized spacial score (nSPS) is 12.4. The van der Waals surface area contributed by atoms with Gasteiger partial charge in [0, 0.05) is 6.08 Å². The maximum atomic E-state index is 10.6. The van der Waals surface area contributed by atoms with E-state index in [9.17, 15) is 17.8 Å². The first kappa shape index (κ1) is 17.2. The van der Waals surface area contributed by atoms with Crippen molar-refractivity contribution in [3.05, 3.63) is 12.7 Å². The zero-order chi connectivity index (χ0) is 10.5. The monoisotopic (exact) mass is 246 g/mol. The molecule has 5 nitrogen and oxygen atoms in total. The maximum absolute atomic E-state index is 10.6. The van der Waals surface area contributed by atoms with Crippen molar-refractivity contribution in [1.82, 2.24) is 0 Å². The first-order chi connectivity index (χ1) is 5.89. The molecule has 7 heteroatoms. The predicted octanol–water partition coefficient (Wildman–Crippen LogP) is -2.96. The Morgan fingerprint density at radius 3 is 2.43 bits per heavy atom. The first-order valence-corrected chi connectivity index (χ1v) is 5.23. The third-order valence-electron chi connectivity index (χ3n) is 1.29. The van der Waals surface area contributed by atoms with Crippen LogP contribution < -0.4 is 51.4 Å². The van der Waals surface area contributed by atoms with Gasteiger partial charge in [0.05, 0.1) is 15.9 Å². The molecule has 0 spiro atoms. The molecule has 0 radical (unpaired) electrons. The molecule has 0 saturated carbocycles. The standard InChI is InChI=1S/C7H12O5S.K/c1-3-6(5-13(9,10)11)12-7(8)4-2;/h4,6H,2-3,5H2,1H3,(H,9,10,11);/q;+1/p-1. The number of esters is 1. The smallest absolute Gasteiger partial charge is 0.748 e. The Balaban J connectivity index is 0. The second-order valence-corrected chi connectivity index (χ2v) is 3.84. The van der Waals surface area contributed by atoms with Gasteiger partial charge in [0.2, 0.25) is 0 Å². The molecule has 0 aromatic heterocycles. The number of rotatable bonds is 5. The van der Waals surface area contributed by atoms with E-state index in [0.717, 1.165) is 6.08 Å². The minimum Gasteiger partial charge on any atom is -0.748 e. The summed E-state index contributed by atoms with van der Waals surface area (Å²) in [6.07, 6.45) is 0.314. The molecule has 0 aliphatic heterocycles. The minimum atomic E-state index is -4.35. The van der Waals surface area contributed by atoms with Gasteiger partial charge >= 0.3 is 57.4 Å². The molecule has 0 fully saturated rings. The van der Waals surface area contributed by atoms with Gasteiger partial charge in [-0.1, -0.05) is 13.5 Å². The second-order valence-electron chi connectivity index (χ2n) is 2.40. The third-order valence-corrected chi connectivity index (χ3v) is 2.07. The molecule has 0 heterocycles. The van der Waals surface area contributed by atoms with Crippen molar-refractivity contribution in [2.45, 2.75) is 19.4 Å². The van der Waals surface area contributed by atoms with Crippen molar-refractivity contribution in [2.75, 3.05) is 5.75 Å². The number of carbonyl (C=O) groups is 1. The summed E-state index contributed by atoms with van der Waals surface area (Å²) in [5.74, 6) is -1.42. The van der Waals surface area contributed by atoms with Crippen molar-refractivity contribution in [3.8, 4) is 0 Å². The van der Waals surface area contributed by atoms with Gasteiger partial charge in [-0.25, -0.2) is 13.2 Å². The predicted molar refractivity (Wildman–Crippen MR) is 44.9 cm³/mol. The van der Waals surface area contributed by atoms with Gasteiger partial charge in [0.15, 0.2) is 0 Å². The molecule has 1 atom stereocenters. The summed E-state index contributed by atoms with van der Waals surface area (Å²) in [6.45, 7) is 4.76. The number of ether oxygens (including phenoxy) is 1. The van der Waals surface area contributed by atoms with Crippen LogP contribution >= 0.6 is 0 Å². The van der Waals surface area contributed by atoms with Crippen molar-refractivity contribution < 1.29 is 73.9 Å². The number of hydrogen-bond acceptors (Lipinski definition) is 5. The molecule has 0 aliphatic rings. The van der Waals surface area contributed by atoms with Gasteiger partial charge in [0.25, 0.3) is 0 Å².